The first-order chi connectivity index (χ1) is 16.8. The van der Waals surface area contributed by atoms with Gasteiger partial charge in [0.05, 0.1) is 5.92 Å². The third-order valence-electron chi connectivity index (χ3n) is 7.35. The number of halogens is 2. The van der Waals surface area contributed by atoms with Crippen LogP contribution in [-0.4, -0.2) is 59.6 Å². The highest BCUT2D eigenvalue weighted by molar-refractivity contribution is 5.88. The molecule has 1 heterocycles. The van der Waals surface area contributed by atoms with Gasteiger partial charge >= 0.3 is 12.1 Å². The monoisotopic (exact) mass is 484 g/mol. The van der Waals surface area contributed by atoms with Crippen molar-refractivity contribution in [3.05, 3.63) is 59.7 Å². The van der Waals surface area contributed by atoms with E-state index in [-0.39, 0.29) is 25.5 Å². The Labute approximate surface area is 201 Å². The van der Waals surface area contributed by atoms with Gasteiger partial charge in [0.2, 0.25) is 5.91 Å². The molecular formula is C26H26F2N2O5. The molecule has 1 saturated carbocycles. The lowest BCUT2D eigenvalue weighted by atomic mass is 9.98. The number of hydrogen-bond acceptors (Lipinski definition) is 4. The van der Waals surface area contributed by atoms with Crippen LogP contribution in [0.2, 0.25) is 0 Å². The summed E-state index contributed by atoms with van der Waals surface area (Å²) in [6.45, 7) is -0.224. The van der Waals surface area contributed by atoms with E-state index in [9.17, 15) is 28.3 Å². The van der Waals surface area contributed by atoms with Crippen LogP contribution in [0.15, 0.2) is 48.5 Å². The molecule has 7 nitrogen and oxygen atoms in total. The standard InChI is InChI=1S/C26H26F2N2O5/c27-26(28)20(22(26)23(31)30-12-6-5-11-21(30)24(32)33)13-29-25(34)35-14-19-17-9-3-1-7-15(17)16-8-2-4-10-18(16)19/h1-4,7-10,19-22H,5-6,11-14H2,(H,29,34)(H,32,33)/t20-,21-,22-/m0/s1. The van der Waals surface area contributed by atoms with Crippen molar-refractivity contribution in [2.75, 3.05) is 19.7 Å². The summed E-state index contributed by atoms with van der Waals surface area (Å²) in [7, 11) is 0. The number of alkyl carbamates (subject to hydrolysis) is 1. The van der Waals surface area contributed by atoms with E-state index in [1.165, 1.54) is 0 Å². The fourth-order valence-electron chi connectivity index (χ4n) is 5.45. The SMILES string of the molecule is O=C(NC[C@H]1[C@@H](C(=O)N2CCCC[C@H]2C(=O)O)C1(F)F)OCC1c2ccccc2-c2ccccc21. The van der Waals surface area contributed by atoms with Crippen molar-refractivity contribution < 1.29 is 33.0 Å². The first-order valence-corrected chi connectivity index (χ1v) is 11.8. The number of fused-ring (bicyclic) bond motifs is 3. The van der Waals surface area contributed by atoms with Crippen molar-refractivity contribution in [1.82, 2.24) is 10.2 Å². The van der Waals surface area contributed by atoms with E-state index >= 15 is 0 Å². The highest BCUT2D eigenvalue weighted by atomic mass is 19.3. The molecular weight excluding hydrogens is 458 g/mol. The number of piperidine rings is 1. The molecule has 3 atom stereocenters. The molecule has 2 amide bonds. The molecule has 0 aromatic heterocycles. The van der Waals surface area contributed by atoms with Crippen LogP contribution in [-0.2, 0) is 14.3 Å². The molecule has 2 N–H and O–H groups in total. The molecule has 35 heavy (non-hydrogen) atoms. The molecule has 1 saturated heterocycles. The first kappa shape index (κ1) is 23.3. The smallest absolute Gasteiger partial charge is 0.407 e. The van der Waals surface area contributed by atoms with Crippen LogP contribution in [0.4, 0.5) is 13.6 Å². The number of carbonyl (C=O) groups is 3. The summed E-state index contributed by atoms with van der Waals surface area (Å²) < 4.78 is 34.2. The first-order valence-electron chi connectivity index (χ1n) is 11.8. The molecule has 9 heteroatoms. The van der Waals surface area contributed by atoms with Crippen LogP contribution < -0.4 is 5.32 Å². The maximum absolute atomic E-state index is 14.4. The van der Waals surface area contributed by atoms with Crippen LogP contribution >= 0.6 is 0 Å². The van der Waals surface area contributed by atoms with Gasteiger partial charge in [-0.25, -0.2) is 18.4 Å². The molecule has 0 unspecified atom stereocenters. The van der Waals surface area contributed by atoms with Crippen LogP contribution in [0.5, 0.6) is 0 Å². The summed E-state index contributed by atoms with van der Waals surface area (Å²) in [4.78, 5) is 37.6. The van der Waals surface area contributed by atoms with Crippen molar-refractivity contribution in [3.63, 3.8) is 0 Å². The molecule has 3 aliphatic rings. The Morgan fingerprint density at radius 1 is 1.03 bits per heavy atom. The number of nitrogens with zero attached hydrogens (tertiary/aromatic N) is 1. The van der Waals surface area contributed by atoms with Crippen molar-refractivity contribution in [2.24, 2.45) is 11.8 Å². The Balaban J connectivity index is 1.18. The number of benzene rings is 2. The number of amides is 2. The van der Waals surface area contributed by atoms with Gasteiger partial charge in [0.15, 0.2) is 0 Å². The average molecular weight is 484 g/mol. The van der Waals surface area contributed by atoms with Gasteiger partial charge in [-0.1, -0.05) is 48.5 Å². The summed E-state index contributed by atoms with van der Waals surface area (Å²) in [5, 5.41) is 11.7. The summed E-state index contributed by atoms with van der Waals surface area (Å²) in [6.07, 6.45) is 0.634. The Morgan fingerprint density at radius 2 is 1.66 bits per heavy atom. The second kappa shape index (κ2) is 8.94. The van der Waals surface area contributed by atoms with Gasteiger partial charge in [-0.2, -0.15) is 0 Å². The van der Waals surface area contributed by atoms with Gasteiger partial charge < -0.3 is 20.1 Å². The van der Waals surface area contributed by atoms with E-state index in [1.54, 1.807) is 0 Å². The highest BCUT2D eigenvalue weighted by Gasteiger charge is 2.72. The summed E-state index contributed by atoms with van der Waals surface area (Å²) in [5.74, 6) is -8.51. The summed E-state index contributed by atoms with van der Waals surface area (Å²) in [6, 6.07) is 14.6. The zero-order valence-electron chi connectivity index (χ0n) is 19.0. The van der Waals surface area contributed by atoms with Gasteiger partial charge in [-0.15, -0.1) is 0 Å². The number of carboxylic acids is 1. The van der Waals surface area contributed by atoms with Crippen molar-refractivity contribution in [1.29, 1.82) is 0 Å². The molecule has 0 radical (unpaired) electrons. The van der Waals surface area contributed by atoms with Gasteiger partial charge in [0.1, 0.15) is 18.6 Å². The average Bonchev–Trinajstić information content (AvgIpc) is 3.26. The van der Waals surface area contributed by atoms with E-state index in [4.69, 9.17) is 4.74 Å². The van der Waals surface area contributed by atoms with E-state index < -0.39 is 48.3 Å². The van der Waals surface area contributed by atoms with Crippen LogP contribution in [0.1, 0.15) is 36.3 Å². The maximum atomic E-state index is 14.4. The van der Waals surface area contributed by atoms with Crippen molar-refractivity contribution in [3.8, 4) is 11.1 Å². The number of rotatable bonds is 6. The summed E-state index contributed by atoms with van der Waals surface area (Å²) in [5.41, 5.74) is 4.23. The lowest BCUT2D eigenvalue weighted by Crippen LogP contribution is -2.49. The number of aliphatic carboxylic acids is 1. The molecule has 2 aromatic carbocycles. The fraction of sp³-hybridized carbons (Fsp3) is 0.423. The van der Waals surface area contributed by atoms with Gasteiger partial charge in [-0.3, -0.25) is 4.79 Å². The minimum atomic E-state index is -3.30. The van der Waals surface area contributed by atoms with Crippen LogP contribution in [0.3, 0.4) is 0 Å². The van der Waals surface area contributed by atoms with Gasteiger partial charge in [0.25, 0.3) is 5.92 Å². The zero-order valence-corrected chi connectivity index (χ0v) is 19.0. The lowest BCUT2D eigenvalue weighted by Gasteiger charge is -2.33. The molecule has 2 aliphatic carbocycles. The molecule has 2 aromatic rings. The molecule has 5 rings (SSSR count). The number of nitrogens with one attached hydrogen (secondary N) is 1. The lowest BCUT2D eigenvalue weighted by molar-refractivity contribution is -0.153. The Morgan fingerprint density at radius 3 is 2.29 bits per heavy atom. The molecule has 2 fully saturated rings. The largest absolute Gasteiger partial charge is 0.480 e. The fourth-order valence-corrected chi connectivity index (χ4v) is 5.45. The number of alkyl halides is 2. The molecule has 0 bridgehead atoms. The van der Waals surface area contributed by atoms with Crippen LogP contribution in [0.25, 0.3) is 11.1 Å². The Bertz CT molecular complexity index is 1120. The van der Waals surface area contributed by atoms with Crippen LogP contribution in [0, 0.1) is 11.8 Å². The highest BCUT2D eigenvalue weighted by Crippen LogP contribution is 2.56. The Kier molecular flexibility index (Phi) is 5.94. The van der Waals surface area contributed by atoms with Gasteiger partial charge in [0, 0.05) is 19.0 Å². The predicted molar refractivity (Wildman–Crippen MR) is 122 cm³/mol. The van der Waals surface area contributed by atoms with E-state index in [0.29, 0.717) is 12.8 Å². The van der Waals surface area contributed by atoms with Crippen molar-refractivity contribution in [2.45, 2.75) is 37.1 Å². The molecule has 184 valence electrons. The number of carbonyl (C=O) groups excluding carboxylic acids is 2. The maximum Gasteiger partial charge on any atom is 0.407 e. The Hall–Kier alpha value is -3.49. The second-order valence-corrected chi connectivity index (χ2v) is 9.35. The molecule has 1 aliphatic heterocycles. The third kappa shape index (κ3) is 4.13. The summed E-state index contributed by atoms with van der Waals surface area (Å²) >= 11 is 0. The van der Waals surface area contributed by atoms with E-state index in [0.717, 1.165) is 27.2 Å². The number of hydrogen-bond donors (Lipinski definition) is 2. The van der Waals surface area contributed by atoms with E-state index in [2.05, 4.69) is 5.32 Å². The number of carboxylic acid groups (broad SMARTS) is 1. The third-order valence-corrected chi connectivity index (χ3v) is 7.35. The van der Waals surface area contributed by atoms with Crippen molar-refractivity contribution >= 4 is 18.0 Å². The minimum Gasteiger partial charge on any atom is -0.480 e. The number of ether oxygens (including phenoxy) is 1. The predicted octanol–water partition coefficient (Wildman–Crippen LogP) is 3.87. The zero-order chi connectivity index (χ0) is 24.7. The molecule has 0 spiro atoms. The van der Waals surface area contributed by atoms with E-state index in [1.807, 2.05) is 48.5 Å². The quantitative estimate of drug-likeness (QED) is 0.649. The number of likely N-dealkylation sites (tertiary alicyclic amines) is 1. The normalized spacial score (nSPS) is 24.3. The minimum absolute atomic E-state index is 0.0529. The van der Waals surface area contributed by atoms with Gasteiger partial charge in [-0.05, 0) is 41.5 Å². The topological polar surface area (TPSA) is 95.9 Å². The second-order valence-electron chi connectivity index (χ2n) is 9.35.